The molecule has 0 fully saturated rings. The molecule has 0 aliphatic rings. The summed E-state index contributed by atoms with van der Waals surface area (Å²) >= 11 is 0. The molecule has 0 aromatic heterocycles. The molecule has 1 amide bonds. The molecular weight excluding hydrogens is 262 g/mol. The lowest BCUT2D eigenvalue weighted by atomic mass is 10.1. The van der Waals surface area contributed by atoms with Crippen LogP contribution in [0.2, 0.25) is 0 Å². The van der Waals surface area contributed by atoms with Crippen LogP contribution in [0.1, 0.15) is 31.1 Å². The van der Waals surface area contributed by atoms with E-state index < -0.39 is 10.5 Å². The quantitative estimate of drug-likeness (QED) is 0.606. The van der Waals surface area contributed by atoms with Gasteiger partial charge in [0.05, 0.1) is 4.92 Å². The van der Waals surface area contributed by atoms with E-state index in [1.165, 1.54) is 18.2 Å². The number of ether oxygens (including phenoxy) is 1. The smallest absolute Gasteiger partial charge is 0.310 e. The minimum Gasteiger partial charge on any atom is -0.485 e. The van der Waals surface area contributed by atoms with E-state index in [1.807, 2.05) is 0 Å². The molecule has 0 heterocycles. The fourth-order valence-electron chi connectivity index (χ4n) is 1.45. The minimum absolute atomic E-state index is 0.0391. The number of nitrogens with two attached hydrogens (primary N) is 1. The normalized spacial score (nSPS) is 11.0. The number of nitrogens with zero attached hydrogens (tertiary/aromatic N) is 1. The zero-order valence-corrected chi connectivity index (χ0v) is 11.8. The lowest BCUT2D eigenvalue weighted by Gasteiger charge is -2.19. The predicted octanol–water partition coefficient (Wildman–Crippen LogP) is 1.46. The van der Waals surface area contributed by atoms with Gasteiger partial charge in [-0.25, -0.2) is 0 Å². The van der Waals surface area contributed by atoms with E-state index in [-0.39, 0.29) is 24.0 Å². The molecule has 0 radical (unpaired) electrons. The molecule has 0 atom stereocenters. The highest BCUT2D eigenvalue weighted by Gasteiger charge is 2.20. The summed E-state index contributed by atoms with van der Waals surface area (Å²) in [5, 5.41) is 13.6. The van der Waals surface area contributed by atoms with Crippen molar-refractivity contribution >= 4 is 11.6 Å². The number of hydrogen-bond acceptors (Lipinski definition) is 5. The van der Waals surface area contributed by atoms with Gasteiger partial charge < -0.3 is 15.8 Å². The molecule has 3 N–H and O–H groups in total. The van der Waals surface area contributed by atoms with Crippen LogP contribution in [0.5, 0.6) is 5.75 Å². The van der Waals surface area contributed by atoms with Gasteiger partial charge in [0.25, 0.3) is 5.91 Å². The Morgan fingerprint density at radius 2 is 2.15 bits per heavy atom. The highest BCUT2D eigenvalue weighted by atomic mass is 16.6. The van der Waals surface area contributed by atoms with Crippen LogP contribution in [-0.4, -0.2) is 29.5 Å². The van der Waals surface area contributed by atoms with Gasteiger partial charge in [0.15, 0.2) is 5.75 Å². The Labute approximate surface area is 117 Å². The maximum atomic E-state index is 11.7. The highest BCUT2D eigenvalue weighted by Crippen LogP contribution is 2.28. The second kappa shape index (κ2) is 6.33. The van der Waals surface area contributed by atoms with Gasteiger partial charge in [-0.05, 0) is 26.8 Å². The lowest BCUT2D eigenvalue weighted by Crippen LogP contribution is -2.38. The number of amides is 1. The summed E-state index contributed by atoms with van der Waals surface area (Å²) in [6.07, 6.45) is 0. The van der Waals surface area contributed by atoms with E-state index in [4.69, 9.17) is 10.5 Å². The number of nitro benzene ring substituents is 1. The summed E-state index contributed by atoms with van der Waals surface area (Å²) in [7, 11) is 0. The second-order valence-corrected chi connectivity index (χ2v) is 5.08. The summed E-state index contributed by atoms with van der Waals surface area (Å²) in [4.78, 5) is 22.1. The molecule has 0 spiro atoms. The van der Waals surface area contributed by atoms with Crippen LogP contribution in [0, 0.1) is 10.1 Å². The van der Waals surface area contributed by atoms with Crippen molar-refractivity contribution in [3.63, 3.8) is 0 Å². The molecule has 0 aliphatic carbocycles. The zero-order chi connectivity index (χ0) is 15.3. The van der Waals surface area contributed by atoms with E-state index in [0.717, 1.165) is 0 Å². The van der Waals surface area contributed by atoms with Gasteiger partial charge >= 0.3 is 5.69 Å². The van der Waals surface area contributed by atoms with Crippen LogP contribution in [0.3, 0.4) is 0 Å². The number of carbonyl (C=O) groups excluding carboxylic acids is 1. The fourth-order valence-corrected chi connectivity index (χ4v) is 1.45. The molecule has 110 valence electrons. The Hall–Kier alpha value is -2.15. The third kappa shape index (κ3) is 4.51. The Kier molecular flexibility index (Phi) is 5.04. The molecule has 1 rings (SSSR count). The van der Waals surface area contributed by atoms with Crippen molar-refractivity contribution in [2.75, 3.05) is 13.2 Å². The number of nitro groups is 1. The number of benzene rings is 1. The maximum Gasteiger partial charge on any atom is 0.310 e. The third-order valence-electron chi connectivity index (χ3n) is 2.36. The van der Waals surface area contributed by atoms with E-state index in [0.29, 0.717) is 12.1 Å². The average Bonchev–Trinajstić information content (AvgIpc) is 2.35. The maximum absolute atomic E-state index is 11.7. The summed E-state index contributed by atoms with van der Waals surface area (Å²) in [5.74, 6) is -0.267. The van der Waals surface area contributed by atoms with Gasteiger partial charge in [-0.2, -0.15) is 0 Å². The SMILES string of the molecule is CCNC(=O)c1ccc([N+](=O)[O-])c(OCC(C)(C)N)c1. The van der Waals surface area contributed by atoms with Crippen LogP contribution in [0.25, 0.3) is 0 Å². The molecule has 0 bridgehead atoms. The Morgan fingerprint density at radius 3 is 2.65 bits per heavy atom. The molecule has 20 heavy (non-hydrogen) atoms. The third-order valence-corrected chi connectivity index (χ3v) is 2.36. The molecule has 1 aromatic rings. The van der Waals surface area contributed by atoms with Gasteiger partial charge in [-0.3, -0.25) is 14.9 Å². The van der Waals surface area contributed by atoms with Crippen molar-refractivity contribution in [2.45, 2.75) is 26.3 Å². The monoisotopic (exact) mass is 281 g/mol. The standard InChI is InChI=1S/C13H19N3O4/c1-4-15-12(17)9-5-6-10(16(18)19)11(7-9)20-8-13(2,3)14/h5-7H,4,8,14H2,1-3H3,(H,15,17). The molecular formula is C13H19N3O4. The van der Waals surface area contributed by atoms with E-state index in [9.17, 15) is 14.9 Å². The highest BCUT2D eigenvalue weighted by molar-refractivity contribution is 5.95. The Morgan fingerprint density at radius 1 is 1.50 bits per heavy atom. The molecule has 7 nitrogen and oxygen atoms in total. The number of carbonyl (C=O) groups is 1. The van der Waals surface area contributed by atoms with Crippen molar-refractivity contribution in [3.05, 3.63) is 33.9 Å². The predicted molar refractivity (Wildman–Crippen MR) is 74.9 cm³/mol. The molecule has 0 saturated heterocycles. The van der Waals surface area contributed by atoms with Crippen molar-refractivity contribution in [3.8, 4) is 5.75 Å². The van der Waals surface area contributed by atoms with E-state index >= 15 is 0 Å². The average molecular weight is 281 g/mol. The topological polar surface area (TPSA) is 107 Å². The fraction of sp³-hybridized carbons (Fsp3) is 0.462. The van der Waals surface area contributed by atoms with Crippen LogP contribution in [0.4, 0.5) is 5.69 Å². The van der Waals surface area contributed by atoms with Gasteiger partial charge in [0.1, 0.15) is 6.61 Å². The Balaban J connectivity index is 3.06. The van der Waals surface area contributed by atoms with Crippen molar-refractivity contribution in [1.82, 2.24) is 5.32 Å². The first kappa shape index (κ1) is 15.9. The number of rotatable bonds is 6. The van der Waals surface area contributed by atoms with Gasteiger partial charge in [-0.1, -0.05) is 0 Å². The largest absolute Gasteiger partial charge is 0.485 e. The van der Waals surface area contributed by atoms with Gasteiger partial charge in [0, 0.05) is 29.8 Å². The zero-order valence-electron chi connectivity index (χ0n) is 11.8. The Bertz CT molecular complexity index is 509. The summed E-state index contributed by atoms with van der Waals surface area (Å²) in [5.41, 5.74) is 5.27. The summed E-state index contributed by atoms with van der Waals surface area (Å²) in [6.45, 7) is 5.85. The van der Waals surface area contributed by atoms with E-state index in [1.54, 1.807) is 20.8 Å². The molecule has 0 unspecified atom stereocenters. The summed E-state index contributed by atoms with van der Waals surface area (Å²) < 4.78 is 5.39. The first-order chi connectivity index (χ1) is 9.24. The van der Waals surface area contributed by atoms with Gasteiger partial charge in [-0.15, -0.1) is 0 Å². The molecule has 7 heteroatoms. The van der Waals surface area contributed by atoms with Crippen molar-refractivity contribution < 1.29 is 14.5 Å². The van der Waals surface area contributed by atoms with Crippen molar-refractivity contribution in [1.29, 1.82) is 0 Å². The summed E-state index contributed by atoms with van der Waals surface area (Å²) in [6, 6.07) is 4.00. The van der Waals surface area contributed by atoms with Crippen LogP contribution >= 0.6 is 0 Å². The van der Waals surface area contributed by atoms with Crippen LogP contribution < -0.4 is 15.8 Å². The molecule has 0 saturated carbocycles. The lowest BCUT2D eigenvalue weighted by molar-refractivity contribution is -0.385. The number of nitrogens with one attached hydrogen (secondary N) is 1. The second-order valence-electron chi connectivity index (χ2n) is 5.08. The van der Waals surface area contributed by atoms with Crippen LogP contribution in [-0.2, 0) is 0 Å². The molecule has 1 aromatic carbocycles. The van der Waals surface area contributed by atoms with E-state index in [2.05, 4.69) is 5.32 Å². The first-order valence-electron chi connectivity index (χ1n) is 6.23. The number of hydrogen-bond donors (Lipinski definition) is 2. The van der Waals surface area contributed by atoms with Crippen molar-refractivity contribution in [2.24, 2.45) is 5.73 Å². The molecule has 0 aliphatic heterocycles. The van der Waals surface area contributed by atoms with Gasteiger partial charge in [0.2, 0.25) is 0 Å². The minimum atomic E-state index is -0.629. The van der Waals surface area contributed by atoms with Crippen LogP contribution in [0.15, 0.2) is 18.2 Å². The first-order valence-corrected chi connectivity index (χ1v) is 6.23.